The van der Waals surface area contributed by atoms with Crippen LogP contribution in [0.1, 0.15) is 22.9 Å². The summed E-state index contributed by atoms with van der Waals surface area (Å²) < 4.78 is 5.91. The van der Waals surface area contributed by atoms with Crippen LogP contribution in [-0.2, 0) is 4.79 Å². The first-order valence-electron chi connectivity index (χ1n) is 9.41. The molecule has 0 spiro atoms. The van der Waals surface area contributed by atoms with E-state index >= 15 is 0 Å². The molecule has 0 fully saturated rings. The van der Waals surface area contributed by atoms with Gasteiger partial charge < -0.3 is 9.73 Å². The first-order valence-corrected chi connectivity index (χ1v) is 11.2. The molecule has 0 unspecified atom stereocenters. The van der Waals surface area contributed by atoms with Gasteiger partial charge in [-0.3, -0.25) is 4.79 Å². The maximum atomic E-state index is 12.3. The minimum atomic E-state index is -0.217. The number of hydrogen-bond acceptors (Lipinski definition) is 5. The van der Waals surface area contributed by atoms with E-state index in [1.54, 1.807) is 18.2 Å². The molecule has 1 amide bonds. The van der Waals surface area contributed by atoms with Gasteiger partial charge in [-0.1, -0.05) is 95.6 Å². The van der Waals surface area contributed by atoms with Gasteiger partial charge >= 0.3 is 0 Å². The van der Waals surface area contributed by atoms with E-state index in [1.807, 2.05) is 60.7 Å². The van der Waals surface area contributed by atoms with E-state index in [4.69, 9.17) is 27.6 Å². The number of rotatable bonds is 7. The maximum Gasteiger partial charge on any atom is 0.277 e. The van der Waals surface area contributed by atoms with Crippen molar-refractivity contribution in [2.45, 2.75) is 11.1 Å². The number of benzene rings is 3. The summed E-state index contributed by atoms with van der Waals surface area (Å²) in [6, 6.07) is 24.9. The van der Waals surface area contributed by atoms with E-state index in [0.717, 1.165) is 11.1 Å². The summed E-state index contributed by atoms with van der Waals surface area (Å²) in [6.45, 7) is 0. The minimum Gasteiger partial charge on any atom is -0.415 e. The van der Waals surface area contributed by atoms with Gasteiger partial charge in [0.15, 0.2) is 0 Å². The van der Waals surface area contributed by atoms with Gasteiger partial charge in [0.2, 0.25) is 11.8 Å². The van der Waals surface area contributed by atoms with Crippen molar-refractivity contribution in [3.63, 3.8) is 0 Å². The van der Waals surface area contributed by atoms with Gasteiger partial charge in [-0.25, -0.2) is 0 Å². The monoisotopic (exact) mass is 469 g/mol. The van der Waals surface area contributed by atoms with Crippen LogP contribution in [0.2, 0.25) is 10.0 Å². The van der Waals surface area contributed by atoms with Gasteiger partial charge in [-0.05, 0) is 29.3 Å². The van der Waals surface area contributed by atoms with Gasteiger partial charge in [-0.15, -0.1) is 10.2 Å². The predicted octanol–water partition coefficient (Wildman–Crippen LogP) is 6.29. The number of halogens is 2. The van der Waals surface area contributed by atoms with Crippen LogP contribution in [0, 0.1) is 0 Å². The molecule has 8 heteroatoms. The summed E-state index contributed by atoms with van der Waals surface area (Å²) >= 11 is 13.1. The lowest BCUT2D eigenvalue weighted by Crippen LogP contribution is -2.13. The molecule has 0 aliphatic rings. The molecule has 0 saturated carbocycles. The van der Waals surface area contributed by atoms with E-state index < -0.39 is 0 Å². The third kappa shape index (κ3) is 5.47. The molecule has 0 bridgehead atoms. The molecule has 0 saturated heterocycles. The molecule has 1 N–H and O–H groups in total. The average Bonchev–Trinajstić information content (AvgIpc) is 3.25. The van der Waals surface area contributed by atoms with Gasteiger partial charge in [-0.2, -0.15) is 0 Å². The van der Waals surface area contributed by atoms with Crippen LogP contribution >= 0.6 is 35.0 Å². The van der Waals surface area contributed by atoms with Crippen molar-refractivity contribution < 1.29 is 9.21 Å². The first-order chi connectivity index (χ1) is 15.1. The minimum absolute atomic E-state index is 0.114. The molecule has 5 nitrogen and oxygen atoms in total. The zero-order valence-corrected chi connectivity index (χ0v) is 18.5. The molecule has 0 aliphatic heterocycles. The predicted molar refractivity (Wildman–Crippen MR) is 124 cm³/mol. The topological polar surface area (TPSA) is 68.0 Å². The van der Waals surface area contributed by atoms with Gasteiger partial charge in [0, 0.05) is 5.69 Å². The number of anilines is 1. The molecule has 0 radical (unpaired) electrons. The maximum absolute atomic E-state index is 12.3. The van der Waals surface area contributed by atoms with Crippen molar-refractivity contribution in [3.05, 3.63) is 106 Å². The van der Waals surface area contributed by atoms with Crippen LogP contribution in [0.25, 0.3) is 0 Å². The van der Waals surface area contributed by atoms with Crippen LogP contribution in [0.5, 0.6) is 0 Å². The Morgan fingerprint density at radius 1 is 0.903 bits per heavy atom. The zero-order valence-electron chi connectivity index (χ0n) is 16.2. The van der Waals surface area contributed by atoms with E-state index in [2.05, 4.69) is 15.5 Å². The number of nitrogens with zero attached hydrogens (tertiary/aromatic N) is 2. The quantitative estimate of drug-likeness (QED) is 0.322. The Bertz CT molecular complexity index is 1130. The number of hydrogen-bond donors (Lipinski definition) is 1. The molecule has 156 valence electrons. The fourth-order valence-corrected chi connectivity index (χ4v) is 3.93. The Labute approximate surface area is 193 Å². The van der Waals surface area contributed by atoms with Crippen molar-refractivity contribution in [2.24, 2.45) is 0 Å². The molecular weight excluding hydrogens is 453 g/mol. The van der Waals surface area contributed by atoms with Gasteiger partial charge in [0.05, 0.1) is 21.7 Å². The van der Waals surface area contributed by atoms with Crippen LogP contribution in [0.3, 0.4) is 0 Å². The number of nitrogens with one attached hydrogen (secondary N) is 1. The summed E-state index contributed by atoms with van der Waals surface area (Å²) in [4.78, 5) is 12.3. The fourth-order valence-electron chi connectivity index (χ4n) is 3.06. The summed E-state index contributed by atoms with van der Waals surface area (Å²) in [6.07, 6.45) is 0. The van der Waals surface area contributed by atoms with Crippen LogP contribution in [0.4, 0.5) is 5.69 Å². The highest BCUT2D eigenvalue weighted by molar-refractivity contribution is 7.99. The van der Waals surface area contributed by atoms with Crippen molar-refractivity contribution in [1.29, 1.82) is 0 Å². The Hall–Kier alpha value is -2.80. The van der Waals surface area contributed by atoms with E-state index in [-0.39, 0.29) is 17.6 Å². The van der Waals surface area contributed by atoms with Crippen LogP contribution in [0.15, 0.2) is 88.5 Å². The highest BCUT2D eigenvalue weighted by Crippen LogP contribution is 2.32. The number of carbonyl (C=O) groups is 1. The van der Waals surface area contributed by atoms with Crippen molar-refractivity contribution in [2.75, 3.05) is 11.1 Å². The Kier molecular flexibility index (Phi) is 6.92. The van der Waals surface area contributed by atoms with Gasteiger partial charge in [0.1, 0.15) is 0 Å². The molecule has 31 heavy (non-hydrogen) atoms. The second-order valence-electron chi connectivity index (χ2n) is 6.63. The lowest BCUT2D eigenvalue weighted by Gasteiger charge is -2.13. The largest absolute Gasteiger partial charge is 0.415 e. The highest BCUT2D eigenvalue weighted by atomic mass is 35.5. The fraction of sp³-hybridized carbons (Fsp3) is 0.0870. The summed E-state index contributed by atoms with van der Waals surface area (Å²) in [5.74, 6) is 0.188. The first kappa shape index (κ1) is 21.4. The highest BCUT2D eigenvalue weighted by Gasteiger charge is 2.23. The molecule has 4 aromatic rings. The van der Waals surface area contributed by atoms with Crippen molar-refractivity contribution >= 4 is 46.6 Å². The third-order valence-electron chi connectivity index (χ3n) is 4.46. The normalized spacial score (nSPS) is 10.9. The summed E-state index contributed by atoms with van der Waals surface area (Å²) in [5, 5.41) is 12.3. The Morgan fingerprint density at radius 2 is 1.55 bits per heavy atom. The number of amides is 1. The molecule has 0 aliphatic carbocycles. The SMILES string of the molecule is O=C(CSc1nnc(C(c2ccccc2)c2ccccc2)o1)Nc1ccc(Cl)c(Cl)c1. The molecule has 1 aromatic heterocycles. The lowest BCUT2D eigenvalue weighted by atomic mass is 9.91. The molecule has 1 heterocycles. The molecule has 3 aromatic carbocycles. The van der Waals surface area contributed by atoms with Crippen LogP contribution < -0.4 is 5.32 Å². The molecule has 0 atom stereocenters. The molecule has 4 rings (SSSR count). The summed E-state index contributed by atoms with van der Waals surface area (Å²) in [7, 11) is 0. The van der Waals surface area contributed by atoms with Gasteiger partial charge in [0.25, 0.3) is 5.22 Å². The van der Waals surface area contributed by atoms with Crippen molar-refractivity contribution in [1.82, 2.24) is 10.2 Å². The third-order valence-corrected chi connectivity index (χ3v) is 6.02. The smallest absolute Gasteiger partial charge is 0.277 e. The van der Waals surface area contributed by atoms with Crippen molar-refractivity contribution in [3.8, 4) is 0 Å². The second kappa shape index (κ2) is 10.0. The van der Waals surface area contributed by atoms with E-state index in [1.165, 1.54) is 11.8 Å². The lowest BCUT2D eigenvalue weighted by molar-refractivity contribution is -0.113. The number of aromatic nitrogens is 2. The van der Waals surface area contributed by atoms with Crippen LogP contribution in [-0.4, -0.2) is 21.9 Å². The van der Waals surface area contributed by atoms with E-state index in [0.29, 0.717) is 26.8 Å². The average molecular weight is 470 g/mol. The number of carbonyl (C=O) groups excluding carboxylic acids is 1. The second-order valence-corrected chi connectivity index (χ2v) is 8.37. The molecular formula is C23H17Cl2N3O2S. The Balaban J connectivity index is 1.46. The zero-order chi connectivity index (χ0) is 21.6. The Morgan fingerprint density at radius 3 is 2.16 bits per heavy atom. The van der Waals surface area contributed by atoms with E-state index in [9.17, 15) is 4.79 Å². The standard InChI is InChI=1S/C23H17Cl2N3O2S/c24-18-12-11-17(13-19(18)25)26-20(29)14-31-23-28-27-22(30-23)21(15-7-3-1-4-8-15)16-9-5-2-6-10-16/h1-13,21H,14H2,(H,26,29). The number of thioether (sulfide) groups is 1. The summed E-state index contributed by atoms with van der Waals surface area (Å²) in [5.41, 5.74) is 2.66.